The van der Waals surface area contributed by atoms with Crippen molar-refractivity contribution in [3.63, 3.8) is 0 Å². The largest absolute Gasteiger partial charge is 0.382 e. The van der Waals surface area contributed by atoms with Gasteiger partial charge in [0.1, 0.15) is 5.82 Å². The quantitative estimate of drug-likeness (QED) is 0.243. The predicted molar refractivity (Wildman–Crippen MR) is 112 cm³/mol. The van der Waals surface area contributed by atoms with Crippen LogP contribution in [0.15, 0.2) is 23.2 Å². The molecule has 0 saturated heterocycles. The fourth-order valence-electron chi connectivity index (χ4n) is 2.14. The summed E-state index contributed by atoms with van der Waals surface area (Å²) in [6.07, 6.45) is 0. The lowest BCUT2D eigenvalue weighted by Gasteiger charge is -2.27. The first-order valence-corrected chi connectivity index (χ1v) is 8.25. The third-order valence-corrected chi connectivity index (χ3v) is 3.86. The van der Waals surface area contributed by atoms with Gasteiger partial charge in [-0.1, -0.05) is 31.5 Å². The van der Waals surface area contributed by atoms with Crippen molar-refractivity contribution < 1.29 is 13.9 Å². The zero-order chi connectivity index (χ0) is 18.0. The van der Waals surface area contributed by atoms with E-state index in [1.165, 1.54) is 12.1 Å². The Hall–Kier alpha value is -0.640. The molecule has 8 heteroatoms. The topological polar surface area (TPSA) is 54.9 Å². The molecule has 0 saturated carbocycles. The zero-order valence-electron chi connectivity index (χ0n) is 15.2. The summed E-state index contributed by atoms with van der Waals surface area (Å²) in [7, 11) is 3.35. The third kappa shape index (κ3) is 9.03. The summed E-state index contributed by atoms with van der Waals surface area (Å²) < 4.78 is 23.5. The first-order valence-electron chi connectivity index (χ1n) is 7.87. The Kier molecular flexibility index (Phi) is 12.3. The molecule has 0 radical (unpaired) electrons. The Morgan fingerprint density at radius 1 is 1.24 bits per heavy atom. The van der Waals surface area contributed by atoms with Crippen LogP contribution in [-0.2, 0) is 14.9 Å². The Morgan fingerprint density at radius 2 is 1.96 bits per heavy atom. The van der Waals surface area contributed by atoms with Crippen molar-refractivity contribution >= 4 is 41.5 Å². The van der Waals surface area contributed by atoms with Crippen molar-refractivity contribution in [2.75, 3.05) is 47.1 Å². The minimum Gasteiger partial charge on any atom is -0.382 e. The highest BCUT2D eigenvalue weighted by atomic mass is 127. The van der Waals surface area contributed by atoms with Gasteiger partial charge < -0.3 is 20.1 Å². The third-order valence-electron chi connectivity index (χ3n) is 3.55. The van der Waals surface area contributed by atoms with Gasteiger partial charge in [0.2, 0.25) is 0 Å². The van der Waals surface area contributed by atoms with E-state index in [1.54, 1.807) is 20.2 Å². The van der Waals surface area contributed by atoms with Crippen LogP contribution < -0.4 is 10.6 Å². The van der Waals surface area contributed by atoms with Gasteiger partial charge >= 0.3 is 0 Å². The number of hydrogen-bond donors (Lipinski definition) is 2. The van der Waals surface area contributed by atoms with E-state index in [-0.39, 0.29) is 35.2 Å². The van der Waals surface area contributed by atoms with Crippen LogP contribution in [0.2, 0.25) is 5.02 Å². The second kappa shape index (κ2) is 12.7. The van der Waals surface area contributed by atoms with Crippen LogP contribution in [0.25, 0.3) is 0 Å². The van der Waals surface area contributed by atoms with Gasteiger partial charge in [-0.05, 0) is 17.7 Å². The molecule has 5 nitrogen and oxygen atoms in total. The summed E-state index contributed by atoms with van der Waals surface area (Å²) in [5.74, 6) is 0.343. The summed E-state index contributed by atoms with van der Waals surface area (Å²) in [4.78, 5) is 4.18. The molecule has 0 aliphatic carbocycles. The van der Waals surface area contributed by atoms with Crippen LogP contribution in [-0.4, -0.2) is 53.0 Å². The fraction of sp³-hybridized carbons (Fsp3) is 0.588. The molecule has 144 valence electrons. The van der Waals surface area contributed by atoms with E-state index in [9.17, 15) is 4.39 Å². The monoisotopic (exact) mass is 487 g/mol. The maximum absolute atomic E-state index is 13.2. The van der Waals surface area contributed by atoms with Gasteiger partial charge in [0.15, 0.2) is 5.96 Å². The first-order chi connectivity index (χ1) is 11.4. The number of halogens is 3. The number of aliphatic imine (C=N–C) groups is 1. The number of benzene rings is 1. The Morgan fingerprint density at radius 3 is 2.56 bits per heavy atom. The number of hydrogen-bond acceptors (Lipinski definition) is 3. The second-order valence-electron chi connectivity index (χ2n) is 5.97. The molecule has 1 aromatic rings. The van der Waals surface area contributed by atoms with Crippen LogP contribution in [0.1, 0.15) is 19.4 Å². The molecule has 25 heavy (non-hydrogen) atoms. The van der Waals surface area contributed by atoms with Gasteiger partial charge in [0.05, 0.1) is 19.8 Å². The molecular formula is C17H28ClFIN3O2. The summed E-state index contributed by atoms with van der Waals surface area (Å²) in [5.41, 5.74) is 0.605. The first kappa shape index (κ1) is 24.4. The lowest BCUT2D eigenvalue weighted by Crippen LogP contribution is -2.44. The van der Waals surface area contributed by atoms with Gasteiger partial charge in [-0.3, -0.25) is 4.99 Å². The summed E-state index contributed by atoms with van der Waals surface area (Å²) in [5, 5.41) is 6.86. The molecule has 0 spiro atoms. The molecule has 0 amide bonds. The molecule has 0 fully saturated rings. The molecular weight excluding hydrogens is 460 g/mol. The summed E-state index contributed by atoms with van der Waals surface area (Å²) in [6.45, 7) is 7.04. The molecule has 1 aromatic carbocycles. The molecule has 0 atom stereocenters. The number of methoxy groups -OCH3 is 1. The molecule has 0 heterocycles. The number of nitrogens with zero attached hydrogens (tertiary/aromatic N) is 1. The van der Waals surface area contributed by atoms with E-state index < -0.39 is 0 Å². The van der Waals surface area contributed by atoms with Gasteiger partial charge in [-0.2, -0.15) is 0 Å². The SMILES string of the molecule is CN=C(NCCOCCOC)NCC(C)(C)c1ccc(F)cc1Cl.I. The lowest BCUT2D eigenvalue weighted by atomic mass is 9.84. The van der Waals surface area contributed by atoms with Gasteiger partial charge in [0.25, 0.3) is 0 Å². The maximum atomic E-state index is 13.2. The number of nitrogens with one attached hydrogen (secondary N) is 2. The summed E-state index contributed by atoms with van der Waals surface area (Å²) in [6, 6.07) is 4.48. The van der Waals surface area contributed by atoms with Crippen molar-refractivity contribution in [3.05, 3.63) is 34.6 Å². The van der Waals surface area contributed by atoms with E-state index in [2.05, 4.69) is 15.6 Å². The average Bonchev–Trinajstić information content (AvgIpc) is 2.53. The lowest BCUT2D eigenvalue weighted by molar-refractivity contribution is 0.0733. The molecule has 2 N–H and O–H groups in total. The molecule has 0 aromatic heterocycles. The van der Waals surface area contributed by atoms with E-state index >= 15 is 0 Å². The van der Waals surface area contributed by atoms with Gasteiger partial charge in [0, 0.05) is 37.7 Å². The highest BCUT2D eigenvalue weighted by Crippen LogP contribution is 2.29. The second-order valence-corrected chi connectivity index (χ2v) is 6.37. The Labute approximate surface area is 171 Å². The van der Waals surface area contributed by atoms with Crippen LogP contribution in [0.3, 0.4) is 0 Å². The van der Waals surface area contributed by atoms with Crippen LogP contribution in [0, 0.1) is 5.82 Å². The van der Waals surface area contributed by atoms with Crippen molar-refractivity contribution in [2.24, 2.45) is 4.99 Å². The van der Waals surface area contributed by atoms with Crippen LogP contribution >= 0.6 is 35.6 Å². The van der Waals surface area contributed by atoms with E-state index in [0.717, 1.165) is 5.56 Å². The van der Waals surface area contributed by atoms with Gasteiger partial charge in [-0.15, -0.1) is 24.0 Å². The van der Waals surface area contributed by atoms with Crippen LogP contribution in [0.4, 0.5) is 4.39 Å². The van der Waals surface area contributed by atoms with Crippen molar-refractivity contribution in [3.8, 4) is 0 Å². The van der Waals surface area contributed by atoms with E-state index in [1.807, 2.05) is 13.8 Å². The highest BCUT2D eigenvalue weighted by Gasteiger charge is 2.24. The number of ether oxygens (including phenoxy) is 2. The fourth-order valence-corrected chi connectivity index (χ4v) is 2.57. The standard InChI is InChI=1S/C17H27ClFN3O2.HI/c1-17(2,14-6-5-13(19)11-15(14)18)12-22-16(20-3)21-7-8-24-10-9-23-4;/h5-6,11H,7-10,12H2,1-4H3,(H2,20,21,22);1H. The maximum Gasteiger partial charge on any atom is 0.191 e. The highest BCUT2D eigenvalue weighted by molar-refractivity contribution is 14.0. The van der Waals surface area contributed by atoms with E-state index in [0.29, 0.717) is 43.9 Å². The average molecular weight is 488 g/mol. The van der Waals surface area contributed by atoms with Crippen LogP contribution in [0.5, 0.6) is 0 Å². The van der Waals surface area contributed by atoms with Crippen molar-refractivity contribution in [1.82, 2.24) is 10.6 Å². The minimum atomic E-state index is -0.335. The van der Waals surface area contributed by atoms with Gasteiger partial charge in [-0.25, -0.2) is 4.39 Å². The zero-order valence-corrected chi connectivity index (χ0v) is 18.3. The minimum absolute atomic E-state index is 0. The Bertz CT molecular complexity index is 545. The molecule has 0 bridgehead atoms. The smallest absolute Gasteiger partial charge is 0.191 e. The molecule has 0 aliphatic rings. The number of rotatable bonds is 9. The molecule has 0 unspecified atom stereocenters. The Balaban J connectivity index is 0.00000576. The predicted octanol–water partition coefficient (Wildman–Crippen LogP) is 3.20. The number of guanidine groups is 1. The van der Waals surface area contributed by atoms with Crippen molar-refractivity contribution in [1.29, 1.82) is 0 Å². The van der Waals surface area contributed by atoms with Crippen molar-refractivity contribution in [2.45, 2.75) is 19.3 Å². The molecule has 1 rings (SSSR count). The normalized spacial score (nSPS) is 11.8. The summed E-state index contributed by atoms with van der Waals surface area (Å²) >= 11 is 6.17. The van der Waals surface area contributed by atoms with E-state index in [4.69, 9.17) is 21.1 Å². The molecule has 0 aliphatic heterocycles.